The monoisotopic (exact) mass is 396 g/mol. The van der Waals surface area contributed by atoms with E-state index in [4.69, 9.17) is 18.9 Å². The second-order valence-electron chi connectivity index (χ2n) is 7.89. The summed E-state index contributed by atoms with van der Waals surface area (Å²) in [5.41, 5.74) is 5.30. The first-order chi connectivity index (χ1) is 14.1. The largest absolute Gasteiger partial charge is 0.493 e. The molecule has 29 heavy (non-hydrogen) atoms. The standard InChI is InChI=1S/C24H30NO4/c1-6-10-25-11-9-17-13-22(27-3)23(28-4)14-18(17)20(25)12-16-7-8-21(26-2)24(29-5)19(16)15-25/h6-8,13-14,20H,1,9-12,15H2,2-5H3/q+1/t20-,25?/m0/s1. The predicted octanol–water partition coefficient (Wildman–Crippen LogP) is 4.08. The average molecular weight is 397 g/mol. The van der Waals surface area contributed by atoms with Crippen molar-refractivity contribution in [2.75, 3.05) is 41.5 Å². The average Bonchev–Trinajstić information content (AvgIpc) is 2.76. The minimum Gasteiger partial charge on any atom is -0.493 e. The molecule has 4 rings (SSSR count). The molecule has 2 aromatic carbocycles. The molecule has 0 aliphatic carbocycles. The van der Waals surface area contributed by atoms with Crippen LogP contribution >= 0.6 is 0 Å². The summed E-state index contributed by atoms with van der Waals surface area (Å²) in [6, 6.07) is 8.89. The topological polar surface area (TPSA) is 36.9 Å². The fraction of sp³-hybridized carbons (Fsp3) is 0.417. The maximum atomic E-state index is 5.78. The van der Waals surface area contributed by atoms with E-state index < -0.39 is 0 Å². The molecular formula is C24H30NO4+. The van der Waals surface area contributed by atoms with E-state index in [-0.39, 0.29) is 0 Å². The Labute approximate surface area is 173 Å². The number of hydrogen-bond acceptors (Lipinski definition) is 4. The summed E-state index contributed by atoms with van der Waals surface area (Å²) < 4.78 is 23.5. The van der Waals surface area contributed by atoms with Gasteiger partial charge in [-0.25, -0.2) is 0 Å². The Kier molecular flexibility index (Phi) is 5.17. The first kappa shape index (κ1) is 19.6. The lowest BCUT2D eigenvalue weighted by atomic mass is 9.80. The van der Waals surface area contributed by atoms with Crippen LogP contribution in [-0.4, -0.2) is 46.0 Å². The number of nitrogens with zero attached hydrogens (tertiary/aromatic N) is 1. The summed E-state index contributed by atoms with van der Waals surface area (Å²) in [4.78, 5) is 0. The lowest BCUT2D eigenvalue weighted by molar-refractivity contribution is -0.968. The highest BCUT2D eigenvalue weighted by Crippen LogP contribution is 2.49. The molecule has 1 unspecified atom stereocenters. The van der Waals surface area contributed by atoms with Gasteiger partial charge in [0.25, 0.3) is 0 Å². The number of benzene rings is 2. The molecule has 0 saturated heterocycles. The van der Waals surface area contributed by atoms with Gasteiger partial charge in [-0.15, -0.1) is 0 Å². The minimum absolute atomic E-state index is 0.349. The van der Waals surface area contributed by atoms with Crippen molar-refractivity contribution >= 4 is 0 Å². The summed E-state index contributed by atoms with van der Waals surface area (Å²) in [7, 11) is 6.82. The molecule has 0 N–H and O–H groups in total. The van der Waals surface area contributed by atoms with Crippen LogP contribution in [0.3, 0.4) is 0 Å². The van der Waals surface area contributed by atoms with Crippen molar-refractivity contribution < 1.29 is 23.4 Å². The van der Waals surface area contributed by atoms with Crippen LogP contribution in [0.5, 0.6) is 23.0 Å². The molecule has 0 amide bonds. The highest BCUT2D eigenvalue weighted by atomic mass is 16.5. The third-order valence-corrected chi connectivity index (χ3v) is 6.62. The zero-order valence-corrected chi connectivity index (χ0v) is 17.8. The Bertz CT molecular complexity index is 939. The van der Waals surface area contributed by atoms with Crippen LogP contribution < -0.4 is 18.9 Å². The van der Waals surface area contributed by atoms with Crippen LogP contribution in [0, 0.1) is 0 Å². The van der Waals surface area contributed by atoms with Gasteiger partial charge in [-0.3, -0.25) is 0 Å². The number of rotatable bonds is 6. The van der Waals surface area contributed by atoms with Crippen LogP contribution in [0.1, 0.15) is 28.3 Å². The van der Waals surface area contributed by atoms with E-state index in [1.54, 1.807) is 28.4 Å². The second-order valence-corrected chi connectivity index (χ2v) is 7.89. The van der Waals surface area contributed by atoms with Crippen molar-refractivity contribution in [2.45, 2.75) is 25.4 Å². The molecule has 0 spiro atoms. The van der Waals surface area contributed by atoms with Gasteiger partial charge in [0.05, 0.1) is 47.1 Å². The van der Waals surface area contributed by atoms with Crippen LogP contribution in [0.2, 0.25) is 0 Å². The molecule has 2 atom stereocenters. The van der Waals surface area contributed by atoms with Crippen molar-refractivity contribution in [3.63, 3.8) is 0 Å². The Morgan fingerprint density at radius 1 is 0.966 bits per heavy atom. The van der Waals surface area contributed by atoms with E-state index in [0.29, 0.717) is 6.04 Å². The fourth-order valence-corrected chi connectivity index (χ4v) is 5.21. The van der Waals surface area contributed by atoms with E-state index in [9.17, 15) is 0 Å². The van der Waals surface area contributed by atoms with E-state index in [0.717, 1.165) is 60.0 Å². The zero-order chi connectivity index (χ0) is 20.6. The Morgan fingerprint density at radius 2 is 1.69 bits per heavy atom. The smallest absolute Gasteiger partial charge is 0.169 e. The maximum absolute atomic E-state index is 5.78. The third-order valence-electron chi connectivity index (χ3n) is 6.62. The summed E-state index contributed by atoms with van der Waals surface area (Å²) in [6.45, 7) is 6.95. The molecule has 154 valence electrons. The molecule has 2 aliphatic rings. The van der Waals surface area contributed by atoms with E-state index >= 15 is 0 Å². The van der Waals surface area contributed by atoms with Gasteiger partial charge in [-0.05, 0) is 35.4 Å². The fourth-order valence-electron chi connectivity index (χ4n) is 5.21. The summed E-state index contributed by atoms with van der Waals surface area (Å²) in [5.74, 6) is 3.26. The summed E-state index contributed by atoms with van der Waals surface area (Å²) >= 11 is 0. The molecule has 2 heterocycles. The number of fused-ring (bicyclic) bond motifs is 4. The minimum atomic E-state index is 0.349. The highest BCUT2D eigenvalue weighted by Gasteiger charge is 2.46. The number of hydrogen-bond donors (Lipinski definition) is 0. The van der Waals surface area contributed by atoms with Gasteiger partial charge in [0.15, 0.2) is 23.0 Å². The zero-order valence-electron chi connectivity index (χ0n) is 17.8. The molecule has 0 fully saturated rings. The lowest BCUT2D eigenvalue weighted by Gasteiger charge is -2.51. The molecule has 5 heteroatoms. The van der Waals surface area contributed by atoms with Gasteiger partial charge < -0.3 is 23.4 Å². The van der Waals surface area contributed by atoms with Gasteiger partial charge in [-0.1, -0.05) is 12.6 Å². The molecule has 0 bridgehead atoms. The van der Waals surface area contributed by atoms with Gasteiger partial charge >= 0.3 is 0 Å². The molecule has 5 nitrogen and oxygen atoms in total. The van der Waals surface area contributed by atoms with E-state index in [1.807, 2.05) is 6.07 Å². The first-order valence-corrected chi connectivity index (χ1v) is 10.0. The molecule has 0 saturated carbocycles. The van der Waals surface area contributed by atoms with E-state index in [2.05, 4.69) is 30.9 Å². The van der Waals surface area contributed by atoms with Crippen LogP contribution in [0.25, 0.3) is 0 Å². The Balaban J connectivity index is 1.87. The maximum Gasteiger partial charge on any atom is 0.169 e. The molecule has 0 radical (unpaired) electrons. The number of ether oxygens (including phenoxy) is 4. The van der Waals surface area contributed by atoms with Crippen molar-refractivity contribution in [1.29, 1.82) is 0 Å². The van der Waals surface area contributed by atoms with Crippen molar-refractivity contribution in [3.05, 3.63) is 59.2 Å². The predicted molar refractivity (Wildman–Crippen MR) is 113 cm³/mol. The molecular weight excluding hydrogens is 366 g/mol. The lowest BCUT2D eigenvalue weighted by Crippen LogP contribution is -2.56. The second kappa shape index (κ2) is 7.64. The van der Waals surface area contributed by atoms with Gasteiger partial charge in [0.1, 0.15) is 12.6 Å². The van der Waals surface area contributed by atoms with E-state index in [1.165, 1.54) is 22.3 Å². The van der Waals surface area contributed by atoms with Crippen LogP contribution in [0.4, 0.5) is 0 Å². The Morgan fingerprint density at radius 3 is 2.34 bits per heavy atom. The van der Waals surface area contributed by atoms with Crippen LogP contribution in [-0.2, 0) is 19.4 Å². The SMILES string of the molecule is C=CC[N+]12CCc3cc(OC)c(OC)cc3[C@@H]1Cc1ccc(OC)c(OC)c1C2. The first-order valence-electron chi connectivity index (χ1n) is 10.0. The van der Waals surface area contributed by atoms with Gasteiger partial charge in [0.2, 0.25) is 0 Å². The van der Waals surface area contributed by atoms with Gasteiger partial charge in [0, 0.05) is 18.4 Å². The molecule has 2 aliphatic heterocycles. The Hall–Kier alpha value is -2.66. The third kappa shape index (κ3) is 3.04. The highest BCUT2D eigenvalue weighted by molar-refractivity contribution is 5.53. The van der Waals surface area contributed by atoms with Gasteiger partial charge in [-0.2, -0.15) is 0 Å². The number of quaternary nitrogens is 1. The summed E-state index contributed by atoms with van der Waals surface area (Å²) in [5, 5.41) is 0. The molecule has 0 aromatic heterocycles. The van der Waals surface area contributed by atoms with Crippen molar-refractivity contribution in [3.8, 4) is 23.0 Å². The molecule has 2 aromatic rings. The quantitative estimate of drug-likeness (QED) is 0.545. The normalized spacial score (nSPS) is 22.0. The van der Waals surface area contributed by atoms with Crippen molar-refractivity contribution in [1.82, 2.24) is 0 Å². The summed E-state index contributed by atoms with van der Waals surface area (Å²) in [6.07, 6.45) is 4.00. The van der Waals surface area contributed by atoms with Crippen LogP contribution in [0.15, 0.2) is 36.9 Å². The van der Waals surface area contributed by atoms with Crippen molar-refractivity contribution in [2.24, 2.45) is 0 Å². The number of methoxy groups -OCH3 is 4.